The molecule has 0 atom stereocenters. The van der Waals surface area contributed by atoms with Crippen LogP contribution in [0.15, 0.2) is 24.3 Å². The number of nitrogens with zero attached hydrogens (tertiary/aromatic N) is 1. The second-order valence-electron chi connectivity index (χ2n) is 5.66. The summed E-state index contributed by atoms with van der Waals surface area (Å²) in [6.45, 7) is 8.85. The van der Waals surface area contributed by atoms with E-state index in [2.05, 4.69) is 48.3 Å². The van der Waals surface area contributed by atoms with E-state index in [4.69, 9.17) is 0 Å². The minimum atomic E-state index is 0.865. The van der Waals surface area contributed by atoms with E-state index in [0.29, 0.717) is 0 Å². The SMILES string of the molecule is CCCCN(Cc1cccc(CNCC)c1)C1CC1. The van der Waals surface area contributed by atoms with Crippen molar-refractivity contribution in [1.29, 1.82) is 0 Å². The summed E-state index contributed by atoms with van der Waals surface area (Å²) in [7, 11) is 0. The van der Waals surface area contributed by atoms with Crippen molar-refractivity contribution >= 4 is 0 Å². The van der Waals surface area contributed by atoms with Gasteiger partial charge in [0.15, 0.2) is 0 Å². The van der Waals surface area contributed by atoms with Crippen LogP contribution >= 0.6 is 0 Å². The highest BCUT2D eigenvalue weighted by atomic mass is 15.2. The Kier molecular flexibility index (Phi) is 5.87. The number of benzene rings is 1. The first kappa shape index (κ1) is 14.5. The molecule has 0 radical (unpaired) electrons. The van der Waals surface area contributed by atoms with Crippen LogP contribution in [-0.2, 0) is 13.1 Å². The van der Waals surface area contributed by atoms with Gasteiger partial charge in [-0.15, -0.1) is 0 Å². The van der Waals surface area contributed by atoms with E-state index >= 15 is 0 Å². The number of hydrogen-bond donors (Lipinski definition) is 1. The van der Waals surface area contributed by atoms with Crippen LogP contribution in [0.25, 0.3) is 0 Å². The highest BCUT2D eigenvalue weighted by Gasteiger charge is 2.28. The molecule has 0 bridgehead atoms. The maximum Gasteiger partial charge on any atom is 0.0236 e. The van der Waals surface area contributed by atoms with Crippen LogP contribution in [0.3, 0.4) is 0 Å². The molecule has 0 spiro atoms. The molecule has 1 aromatic carbocycles. The summed E-state index contributed by atoms with van der Waals surface area (Å²) < 4.78 is 0. The summed E-state index contributed by atoms with van der Waals surface area (Å²) in [5.41, 5.74) is 2.88. The Morgan fingerprint density at radius 1 is 1.21 bits per heavy atom. The number of nitrogens with one attached hydrogen (secondary N) is 1. The lowest BCUT2D eigenvalue weighted by molar-refractivity contribution is 0.250. The Morgan fingerprint density at radius 2 is 2.00 bits per heavy atom. The van der Waals surface area contributed by atoms with Crippen molar-refractivity contribution < 1.29 is 0 Å². The van der Waals surface area contributed by atoms with Gasteiger partial charge in [0.25, 0.3) is 0 Å². The largest absolute Gasteiger partial charge is 0.313 e. The van der Waals surface area contributed by atoms with Crippen LogP contribution < -0.4 is 5.32 Å². The van der Waals surface area contributed by atoms with E-state index in [9.17, 15) is 0 Å². The van der Waals surface area contributed by atoms with Crippen molar-refractivity contribution in [2.75, 3.05) is 13.1 Å². The van der Waals surface area contributed by atoms with Gasteiger partial charge in [-0.2, -0.15) is 0 Å². The van der Waals surface area contributed by atoms with E-state index in [1.165, 1.54) is 43.4 Å². The van der Waals surface area contributed by atoms with Crippen molar-refractivity contribution in [3.63, 3.8) is 0 Å². The molecule has 0 aromatic heterocycles. The van der Waals surface area contributed by atoms with Gasteiger partial charge in [0, 0.05) is 19.1 Å². The summed E-state index contributed by atoms with van der Waals surface area (Å²) >= 11 is 0. The van der Waals surface area contributed by atoms with Gasteiger partial charge in [-0.25, -0.2) is 0 Å². The molecule has 1 aromatic rings. The molecule has 2 rings (SSSR count). The van der Waals surface area contributed by atoms with E-state index in [1.54, 1.807) is 0 Å². The third-order valence-corrected chi connectivity index (χ3v) is 3.82. The molecule has 1 aliphatic rings. The maximum absolute atomic E-state index is 3.40. The molecule has 0 saturated heterocycles. The monoisotopic (exact) mass is 260 g/mol. The molecule has 0 aliphatic heterocycles. The van der Waals surface area contributed by atoms with Gasteiger partial charge in [0.1, 0.15) is 0 Å². The fraction of sp³-hybridized carbons (Fsp3) is 0.647. The zero-order valence-electron chi connectivity index (χ0n) is 12.5. The predicted octanol–water partition coefficient (Wildman–Crippen LogP) is 3.56. The normalized spacial score (nSPS) is 15.1. The van der Waals surface area contributed by atoms with E-state index < -0.39 is 0 Å². The van der Waals surface area contributed by atoms with Crippen molar-refractivity contribution in [2.24, 2.45) is 0 Å². The zero-order valence-corrected chi connectivity index (χ0v) is 12.5. The maximum atomic E-state index is 3.40. The third-order valence-electron chi connectivity index (χ3n) is 3.82. The average Bonchev–Trinajstić information content (AvgIpc) is 3.26. The molecule has 19 heavy (non-hydrogen) atoms. The van der Waals surface area contributed by atoms with Crippen LogP contribution in [0.1, 0.15) is 50.7 Å². The number of unbranched alkanes of at least 4 members (excludes halogenated alkanes) is 1. The quantitative estimate of drug-likeness (QED) is 0.730. The van der Waals surface area contributed by atoms with Gasteiger partial charge in [-0.3, -0.25) is 4.90 Å². The standard InChI is InChI=1S/C17H28N2/c1-3-5-11-19(17-9-10-17)14-16-8-6-7-15(12-16)13-18-4-2/h6-8,12,17-18H,3-5,9-11,13-14H2,1-2H3. The molecule has 1 fully saturated rings. The fourth-order valence-electron chi connectivity index (χ4n) is 2.53. The van der Waals surface area contributed by atoms with Crippen molar-refractivity contribution in [2.45, 2.75) is 58.7 Å². The van der Waals surface area contributed by atoms with Gasteiger partial charge in [-0.1, -0.05) is 44.5 Å². The van der Waals surface area contributed by atoms with Crippen LogP contribution in [-0.4, -0.2) is 24.0 Å². The van der Waals surface area contributed by atoms with Crippen LogP contribution in [0.4, 0.5) is 0 Å². The molecular weight excluding hydrogens is 232 g/mol. The Hall–Kier alpha value is -0.860. The first-order valence-corrected chi connectivity index (χ1v) is 7.86. The highest BCUT2D eigenvalue weighted by molar-refractivity contribution is 5.23. The molecule has 0 amide bonds. The van der Waals surface area contributed by atoms with Crippen molar-refractivity contribution in [3.8, 4) is 0 Å². The fourth-order valence-corrected chi connectivity index (χ4v) is 2.53. The molecule has 1 saturated carbocycles. The first-order chi connectivity index (χ1) is 9.33. The summed E-state index contributed by atoms with van der Waals surface area (Å²) in [5, 5.41) is 3.40. The van der Waals surface area contributed by atoms with Crippen LogP contribution in [0.5, 0.6) is 0 Å². The second kappa shape index (κ2) is 7.66. The lowest BCUT2D eigenvalue weighted by Crippen LogP contribution is -2.26. The Morgan fingerprint density at radius 3 is 2.68 bits per heavy atom. The lowest BCUT2D eigenvalue weighted by atomic mass is 10.1. The summed E-state index contributed by atoms with van der Waals surface area (Å²) in [4.78, 5) is 2.68. The van der Waals surface area contributed by atoms with Gasteiger partial charge < -0.3 is 5.32 Å². The number of hydrogen-bond acceptors (Lipinski definition) is 2. The predicted molar refractivity (Wildman–Crippen MR) is 82.2 cm³/mol. The smallest absolute Gasteiger partial charge is 0.0236 e. The summed E-state index contributed by atoms with van der Waals surface area (Å²) in [6.07, 6.45) is 5.43. The van der Waals surface area contributed by atoms with Gasteiger partial charge >= 0.3 is 0 Å². The van der Waals surface area contributed by atoms with Crippen LogP contribution in [0, 0.1) is 0 Å². The Bertz CT molecular complexity index is 371. The summed E-state index contributed by atoms with van der Waals surface area (Å²) in [6, 6.07) is 9.93. The minimum Gasteiger partial charge on any atom is -0.313 e. The molecular formula is C17H28N2. The second-order valence-corrected chi connectivity index (χ2v) is 5.66. The summed E-state index contributed by atoms with van der Waals surface area (Å²) in [5.74, 6) is 0. The molecule has 2 heteroatoms. The Balaban J connectivity index is 1.92. The highest BCUT2D eigenvalue weighted by Crippen LogP contribution is 2.28. The van der Waals surface area contributed by atoms with Gasteiger partial charge in [0.2, 0.25) is 0 Å². The van der Waals surface area contributed by atoms with Crippen molar-refractivity contribution in [3.05, 3.63) is 35.4 Å². The molecule has 2 nitrogen and oxygen atoms in total. The van der Waals surface area contributed by atoms with Crippen LogP contribution in [0.2, 0.25) is 0 Å². The molecule has 0 heterocycles. The third kappa shape index (κ3) is 4.96. The van der Waals surface area contributed by atoms with Gasteiger partial charge in [0.05, 0.1) is 0 Å². The molecule has 106 valence electrons. The van der Waals surface area contributed by atoms with E-state index in [-0.39, 0.29) is 0 Å². The molecule has 0 unspecified atom stereocenters. The minimum absolute atomic E-state index is 0.865. The van der Waals surface area contributed by atoms with Gasteiger partial charge in [-0.05, 0) is 43.5 Å². The van der Waals surface area contributed by atoms with E-state index in [0.717, 1.165) is 25.7 Å². The molecule has 1 aliphatic carbocycles. The average molecular weight is 260 g/mol. The lowest BCUT2D eigenvalue weighted by Gasteiger charge is -2.22. The van der Waals surface area contributed by atoms with Crippen molar-refractivity contribution in [1.82, 2.24) is 10.2 Å². The molecule has 1 N–H and O–H groups in total. The van der Waals surface area contributed by atoms with E-state index in [1.807, 2.05) is 0 Å². The first-order valence-electron chi connectivity index (χ1n) is 7.86. The zero-order chi connectivity index (χ0) is 13.5. The topological polar surface area (TPSA) is 15.3 Å². The number of rotatable bonds is 9. The Labute approximate surface area is 118 Å².